The Kier molecular flexibility index (Phi) is 5.49. The first-order chi connectivity index (χ1) is 8.62. The van der Waals surface area contributed by atoms with Gasteiger partial charge in [-0.05, 0) is 38.5 Å². The summed E-state index contributed by atoms with van der Waals surface area (Å²) in [5.74, 6) is 1.14. The Bertz CT molecular complexity index is 404. The average Bonchev–Trinajstić information content (AvgIpc) is 2.38. The number of nitrogens with one attached hydrogen (secondary N) is 1. The minimum Gasteiger partial charge on any atom is -0.493 e. The molecule has 1 unspecified atom stereocenters. The normalized spacial score (nSPS) is 11.8. The lowest BCUT2D eigenvalue weighted by Gasteiger charge is -2.13. The number of carbonyl (C=O) groups excluding carboxylic acids is 1. The van der Waals surface area contributed by atoms with Crippen molar-refractivity contribution in [2.75, 3.05) is 13.7 Å². The number of carbonyl (C=O) groups is 1. The highest BCUT2D eigenvalue weighted by molar-refractivity contribution is 5.95. The number of hydrogen-bond acceptors (Lipinski definition) is 3. The molecule has 1 atom stereocenters. The van der Waals surface area contributed by atoms with Gasteiger partial charge in [0.15, 0.2) is 11.5 Å². The zero-order valence-electron chi connectivity index (χ0n) is 11.4. The van der Waals surface area contributed by atoms with Gasteiger partial charge in [-0.15, -0.1) is 0 Å². The van der Waals surface area contributed by atoms with Gasteiger partial charge in [-0.1, -0.05) is 6.92 Å². The standard InChI is InChI=1S/C14H21NO3/c1-5-10(3)15-14(16)11-7-8-12(17-4)13(9-11)18-6-2/h7-10H,5-6H2,1-4H3,(H,15,16). The van der Waals surface area contributed by atoms with Gasteiger partial charge in [-0.25, -0.2) is 0 Å². The maximum absolute atomic E-state index is 12.0. The van der Waals surface area contributed by atoms with E-state index in [1.165, 1.54) is 0 Å². The summed E-state index contributed by atoms with van der Waals surface area (Å²) in [7, 11) is 1.58. The number of ether oxygens (including phenoxy) is 2. The maximum atomic E-state index is 12.0. The van der Waals surface area contributed by atoms with Gasteiger partial charge in [0.25, 0.3) is 5.91 Å². The summed E-state index contributed by atoms with van der Waals surface area (Å²) in [5.41, 5.74) is 0.583. The van der Waals surface area contributed by atoms with E-state index in [-0.39, 0.29) is 11.9 Å². The monoisotopic (exact) mass is 251 g/mol. The quantitative estimate of drug-likeness (QED) is 0.845. The summed E-state index contributed by atoms with van der Waals surface area (Å²) in [4.78, 5) is 12.0. The van der Waals surface area contributed by atoms with Gasteiger partial charge in [0, 0.05) is 11.6 Å². The van der Waals surface area contributed by atoms with Crippen LogP contribution in [0.3, 0.4) is 0 Å². The molecule has 0 aliphatic carbocycles. The van der Waals surface area contributed by atoms with E-state index >= 15 is 0 Å². The van der Waals surface area contributed by atoms with Gasteiger partial charge in [-0.2, -0.15) is 0 Å². The molecule has 1 amide bonds. The largest absolute Gasteiger partial charge is 0.493 e. The van der Waals surface area contributed by atoms with Crippen molar-refractivity contribution in [2.24, 2.45) is 0 Å². The highest BCUT2D eigenvalue weighted by Crippen LogP contribution is 2.28. The molecule has 100 valence electrons. The summed E-state index contributed by atoms with van der Waals surface area (Å²) in [6.45, 7) is 6.44. The van der Waals surface area contributed by atoms with Crippen molar-refractivity contribution in [2.45, 2.75) is 33.2 Å². The van der Waals surface area contributed by atoms with E-state index in [1.54, 1.807) is 25.3 Å². The Hall–Kier alpha value is -1.71. The Balaban J connectivity index is 2.89. The first-order valence-corrected chi connectivity index (χ1v) is 6.24. The van der Waals surface area contributed by atoms with E-state index in [2.05, 4.69) is 5.32 Å². The van der Waals surface area contributed by atoms with Gasteiger partial charge in [0.05, 0.1) is 13.7 Å². The van der Waals surface area contributed by atoms with E-state index in [0.29, 0.717) is 23.7 Å². The summed E-state index contributed by atoms with van der Waals surface area (Å²) in [5, 5.41) is 2.92. The van der Waals surface area contributed by atoms with Crippen LogP contribution in [0.2, 0.25) is 0 Å². The Morgan fingerprint density at radius 3 is 2.61 bits per heavy atom. The van der Waals surface area contributed by atoms with Crippen molar-refractivity contribution >= 4 is 5.91 Å². The van der Waals surface area contributed by atoms with Crippen LogP contribution >= 0.6 is 0 Å². The number of methoxy groups -OCH3 is 1. The molecule has 0 aromatic heterocycles. The molecule has 0 saturated carbocycles. The third kappa shape index (κ3) is 3.65. The molecule has 18 heavy (non-hydrogen) atoms. The molecule has 0 bridgehead atoms. The lowest BCUT2D eigenvalue weighted by atomic mass is 10.1. The minimum absolute atomic E-state index is 0.0899. The van der Waals surface area contributed by atoms with Crippen molar-refractivity contribution in [3.63, 3.8) is 0 Å². The van der Waals surface area contributed by atoms with Crippen molar-refractivity contribution in [1.29, 1.82) is 0 Å². The molecule has 0 fully saturated rings. The van der Waals surface area contributed by atoms with Crippen LogP contribution in [0.1, 0.15) is 37.6 Å². The van der Waals surface area contributed by atoms with E-state index in [0.717, 1.165) is 6.42 Å². The van der Waals surface area contributed by atoms with Crippen LogP contribution in [0.4, 0.5) is 0 Å². The second kappa shape index (κ2) is 6.89. The van der Waals surface area contributed by atoms with E-state index in [9.17, 15) is 4.79 Å². The molecular formula is C14H21NO3. The molecule has 0 spiro atoms. The summed E-state index contributed by atoms with van der Waals surface area (Å²) >= 11 is 0. The highest BCUT2D eigenvalue weighted by atomic mass is 16.5. The number of benzene rings is 1. The van der Waals surface area contributed by atoms with Crippen LogP contribution in [-0.4, -0.2) is 25.7 Å². The lowest BCUT2D eigenvalue weighted by Crippen LogP contribution is -2.31. The molecule has 0 heterocycles. The lowest BCUT2D eigenvalue weighted by molar-refractivity contribution is 0.0938. The highest BCUT2D eigenvalue weighted by Gasteiger charge is 2.12. The Morgan fingerprint density at radius 1 is 1.33 bits per heavy atom. The van der Waals surface area contributed by atoms with Crippen LogP contribution < -0.4 is 14.8 Å². The fourth-order valence-electron chi connectivity index (χ4n) is 1.50. The second-order valence-corrected chi connectivity index (χ2v) is 4.08. The smallest absolute Gasteiger partial charge is 0.251 e. The fraction of sp³-hybridized carbons (Fsp3) is 0.500. The molecule has 1 rings (SSSR count). The molecule has 0 aliphatic heterocycles. The first kappa shape index (κ1) is 14.4. The molecule has 1 N–H and O–H groups in total. The van der Waals surface area contributed by atoms with E-state index in [1.807, 2.05) is 20.8 Å². The number of rotatable bonds is 6. The fourth-order valence-corrected chi connectivity index (χ4v) is 1.50. The molecule has 4 heteroatoms. The number of amides is 1. The van der Waals surface area contributed by atoms with Crippen LogP contribution in [0.5, 0.6) is 11.5 Å². The van der Waals surface area contributed by atoms with Gasteiger partial charge < -0.3 is 14.8 Å². The third-order valence-corrected chi connectivity index (χ3v) is 2.72. The van der Waals surface area contributed by atoms with Crippen LogP contribution in [-0.2, 0) is 0 Å². The minimum atomic E-state index is -0.0899. The van der Waals surface area contributed by atoms with Crippen LogP contribution in [0, 0.1) is 0 Å². The van der Waals surface area contributed by atoms with Crippen molar-refractivity contribution < 1.29 is 14.3 Å². The van der Waals surface area contributed by atoms with E-state index in [4.69, 9.17) is 9.47 Å². The molecule has 0 radical (unpaired) electrons. The predicted molar refractivity (Wildman–Crippen MR) is 71.4 cm³/mol. The van der Waals surface area contributed by atoms with Crippen LogP contribution in [0.25, 0.3) is 0 Å². The van der Waals surface area contributed by atoms with Gasteiger partial charge in [0.1, 0.15) is 0 Å². The zero-order chi connectivity index (χ0) is 13.5. The molecule has 1 aromatic carbocycles. The molecule has 1 aromatic rings. The SMILES string of the molecule is CCOc1cc(C(=O)NC(C)CC)ccc1OC. The molecular weight excluding hydrogens is 230 g/mol. The summed E-state index contributed by atoms with van der Waals surface area (Å²) < 4.78 is 10.6. The Labute approximate surface area is 108 Å². The second-order valence-electron chi connectivity index (χ2n) is 4.08. The van der Waals surface area contributed by atoms with Crippen molar-refractivity contribution in [3.05, 3.63) is 23.8 Å². The number of hydrogen-bond donors (Lipinski definition) is 1. The third-order valence-electron chi connectivity index (χ3n) is 2.72. The van der Waals surface area contributed by atoms with Gasteiger partial charge in [0.2, 0.25) is 0 Å². The first-order valence-electron chi connectivity index (χ1n) is 6.24. The summed E-state index contributed by atoms with van der Waals surface area (Å²) in [6.07, 6.45) is 0.903. The van der Waals surface area contributed by atoms with Crippen LogP contribution in [0.15, 0.2) is 18.2 Å². The van der Waals surface area contributed by atoms with Crippen molar-refractivity contribution in [3.8, 4) is 11.5 Å². The molecule has 4 nitrogen and oxygen atoms in total. The average molecular weight is 251 g/mol. The molecule has 0 aliphatic rings. The summed E-state index contributed by atoms with van der Waals surface area (Å²) in [6, 6.07) is 5.35. The predicted octanol–water partition coefficient (Wildman–Crippen LogP) is 2.62. The Morgan fingerprint density at radius 2 is 2.06 bits per heavy atom. The maximum Gasteiger partial charge on any atom is 0.251 e. The van der Waals surface area contributed by atoms with E-state index < -0.39 is 0 Å². The molecule has 0 saturated heterocycles. The van der Waals surface area contributed by atoms with Gasteiger partial charge >= 0.3 is 0 Å². The topological polar surface area (TPSA) is 47.6 Å². The van der Waals surface area contributed by atoms with Crippen molar-refractivity contribution in [1.82, 2.24) is 5.32 Å². The zero-order valence-corrected chi connectivity index (χ0v) is 11.4. The van der Waals surface area contributed by atoms with Gasteiger partial charge in [-0.3, -0.25) is 4.79 Å².